The Kier molecular flexibility index (Phi) is 3.81. The molecule has 0 bridgehead atoms. The van der Waals surface area contributed by atoms with Gasteiger partial charge in [-0.3, -0.25) is 9.59 Å². The minimum absolute atomic E-state index is 0.184. The van der Waals surface area contributed by atoms with Gasteiger partial charge in [0.1, 0.15) is 5.15 Å². The Labute approximate surface area is 110 Å². The fourth-order valence-corrected chi connectivity index (χ4v) is 2.22. The van der Waals surface area contributed by atoms with Crippen LogP contribution in [0.5, 0.6) is 0 Å². The molecule has 2 heterocycles. The van der Waals surface area contributed by atoms with E-state index >= 15 is 0 Å². The normalized spacial score (nSPS) is 18.8. The van der Waals surface area contributed by atoms with Crippen LogP contribution in [-0.4, -0.2) is 42.0 Å². The first-order valence-corrected chi connectivity index (χ1v) is 5.99. The van der Waals surface area contributed by atoms with Crippen LogP contribution in [0.4, 0.5) is 0 Å². The molecule has 0 spiro atoms. The highest BCUT2D eigenvalue weighted by molar-refractivity contribution is 6.32. The lowest BCUT2D eigenvalue weighted by Crippen LogP contribution is -2.30. The Hall–Kier alpha value is -1.62. The van der Waals surface area contributed by atoms with Crippen LogP contribution in [0.3, 0.4) is 0 Å². The smallest absolute Gasteiger partial charge is 0.310 e. The van der Waals surface area contributed by atoms with E-state index in [1.807, 2.05) is 0 Å². The van der Waals surface area contributed by atoms with Crippen molar-refractivity contribution in [2.45, 2.75) is 6.42 Å². The topological polar surface area (TPSA) is 59.5 Å². The second-order valence-electron chi connectivity index (χ2n) is 4.10. The summed E-state index contributed by atoms with van der Waals surface area (Å²) in [5, 5.41) is 0.184. The zero-order valence-corrected chi connectivity index (χ0v) is 10.7. The summed E-state index contributed by atoms with van der Waals surface area (Å²) in [4.78, 5) is 29.0. The molecule has 1 aromatic heterocycles. The van der Waals surface area contributed by atoms with Crippen molar-refractivity contribution in [1.29, 1.82) is 0 Å². The number of likely N-dealkylation sites (tertiary alicyclic amines) is 1. The highest BCUT2D eigenvalue weighted by Gasteiger charge is 2.32. The number of pyridine rings is 1. The van der Waals surface area contributed by atoms with E-state index in [9.17, 15) is 9.59 Å². The number of aromatic nitrogens is 1. The van der Waals surface area contributed by atoms with Crippen LogP contribution < -0.4 is 0 Å². The monoisotopic (exact) mass is 268 g/mol. The van der Waals surface area contributed by atoms with Gasteiger partial charge in [-0.15, -0.1) is 0 Å². The summed E-state index contributed by atoms with van der Waals surface area (Å²) in [7, 11) is 1.35. The van der Waals surface area contributed by atoms with Gasteiger partial charge in [0.25, 0.3) is 5.91 Å². The Morgan fingerprint density at radius 1 is 1.56 bits per heavy atom. The van der Waals surface area contributed by atoms with E-state index in [-0.39, 0.29) is 22.9 Å². The second kappa shape index (κ2) is 5.35. The first-order valence-electron chi connectivity index (χ1n) is 5.61. The fourth-order valence-electron chi connectivity index (χ4n) is 2.02. The molecule has 1 unspecified atom stereocenters. The number of carbonyl (C=O) groups excluding carboxylic acids is 2. The fraction of sp³-hybridized carbons (Fsp3) is 0.417. The average molecular weight is 269 g/mol. The van der Waals surface area contributed by atoms with E-state index in [1.54, 1.807) is 17.0 Å². The number of halogens is 1. The number of hydrogen-bond acceptors (Lipinski definition) is 4. The van der Waals surface area contributed by atoms with Gasteiger partial charge in [0.05, 0.1) is 18.6 Å². The molecular formula is C12H13ClN2O3. The molecule has 0 saturated carbocycles. The van der Waals surface area contributed by atoms with E-state index in [4.69, 9.17) is 11.6 Å². The second-order valence-corrected chi connectivity index (χ2v) is 4.46. The van der Waals surface area contributed by atoms with Gasteiger partial charge in [-0.1, -0.05) is 11.6 Å². The van der Waals surface area contributed by atoms with Crippen LogP contribution in [0.2, 0.25) is 5.15 Å². The van der Waals surface area contributed by atoms with Gasteiger partial charge in [-0.2, -0.15) is 0 Å². The average Bonchev–Trinajstić information content (AvgIpc) is 2.87. The molecule has 1 aliphatic heterocycles. The van der Waals surface area contributed by atoms with Crippen LogP contribution in [0.15, 0.2) is 18.3 Å². The van der Waals surface area contributed by atoms with E-state index in [2.05, 4.69) is 9.72 Å². The summed E-state index contributed by atoms with van der Waals surface area (Å²) in [5.41, 5.74) is 0.365. The lowest BCUT2D eigenvalue weighted by Gasteiger charge is -2.16. The highest BCUT2D eigenvalue weighted by atomic mass is 35.5. The summed E-state index contributed by atoms with van der Waals surface area (Å²) in [5.74, 6) is -0.712. The summed E-state index contributed by atoms with van der Waals surface area (Å²) in [6, 6.07) is 3.29. The quantitative estimate of drug-likeness (QED) is 0.600. The van der Waals surface area contributed by atoms with E-state index in [0.717, 1.165) is 0 Å². The lowest BCUT2D eigenvalue weighted by molar-refractivity contribution is -0.144. The summed E-state index contributed by atoms with van der Waals surface area (Å²) < 4.78 is 4.68. The molecule has 96 valence electrons. The zero-order chi connectivity index (χ0) is 13.1. The van der Waals surface area contributed by atoms with Crippen molar-refractivity contribution in [2.75, 3.05) is 20.2 Å². The van der Waals surface area contributed by atoms with Crippen LogP contribution in [0.1, 0.15) is 16.8 Å². The molecule has 1 aliphatic rings. The summed E-state index contributed by atoms with van der Waals surface area (Å²) >= 11 is 5.87. The predicted octanol–water partition coefficient (Wildman–Crippen LogP) is 1.37. The molecule has 0 N–H and O–H groups in total. The van der Waals surface area contributed by atoms with Gasteiger partial charge in [-0.25, -0.2) is 4.98 Å². The SMILES string of the molecule is COC(=O)C1CCN(C(=O)c2cccnc2Cl)C1. The molecule has 5 nitrogen and oxygen atoms in total. The van der Waals surface area contributed by atoms with E-state index < -0.39 is 0 Å². The molecule has 2 rings (SSSR count). The number of methoxy groups -OCH3 is 1. The lowest BCUT2D eigenvalue weighted by atomic mass is 10.1. The van der Waals surface area contributed by atoms with Gasteiger partial charge < -0.3 is 9.64 Å². The highest BCUT2D eigenvalue weighted by Crippen LogP contribution is 2.22. The van der Waals surface area contributed by atoms with Crippen LogP contribution in [0.25, 0.3) is 0 Å². The van der Waals surface area contributed by atoms with Crippen LogP contribution in [-0.2, 0) is 9.53 Å². The molecule has 1 fully saturated rings. The molecule has 0 aromatic carbocycles. The molecule has 1 amide bonds. The standard InChI is InChI=1S/C12H13ClN2O3/c1-18-12(17)8-4-6-15(7-8)11(16)9-3-2-5-14-10(9)13/h2-3,5,8H,4,6-7H2,1H3. The predicted molar refractivity (Wildman–Crippen MR) is 65.3 cm³/mol. The minimum Gasteiger partial charge on any atom is -0.469 e. The number of esters is 1. The minimum atomic E-state index is -0.275. The summed E-state index contributed by atoms with van der Waals surface area (Å²) in [6.45, 7) is 0.903. The van der Waals surface area contributed by atoms with Crippen molar-refractivity contribution in [3.05, 3.63) is 29.0 Å². The first kappa shape index (κ1) is 12.8. The van der Waals surface area contributed by atoms with Crippen molar-refractivity contribution in [1.82, 2.24) is 9.88 Å². The summed E-state index contributed by atoms with van der Waals surface area (Å²) in [6.07, 6.45) is 2.15. The number of rotatable bonds is 2. The Balaban J connectivity index is 2.08. The first-order chi connectivity index (χ1) is 8.63. The number of ether oxygens (including phenoxy) is 1. The Morgan fingerprint density at radius 2 is 2.33 bits per heavy atom. The molecule has 1 atom stereocenters. The Morgan fingerprint density at radius 3 is 3.00 bits per heavy atom. The molecule has 1 aromatic rings. The van der Waals surface area contributed by atoms with E-state index in [1.165, 1.54) is 13.3 Å². The van der Waals surface area contributed by atoms with Gasteiger partial charge in [0, 0.05) is 19.3 Å². The van der Waals surface area contributed by atoms with Crippen LogP contribution in [0, 0.1) is 5.92 Å². The van der Waals surface area contributed by atoms with Crippen molar-refractivity contribution in [3.8, 4) is 0 Å². The number of hydrogen-bond donors (Lipinski definition) is 0. The maximum Gasteiger partial charge on any atom is 0.310 e. The van der Waals surface area contributed by atoms with Crippen molar-refractivity contribution in [2.24, 2.45) is 5.92 Å². The third-order valence-corrected chi connectivity index (χ3v) is 3.30. The molecule has 1 saturated heterocycles. The van der Waals surface area contributed by atoms with Gasteiger partial charge in [0.2, 0.25) is 0 Å². The third-order valence-electron chi connectivity index (χ3n) is 3.00. The van der Waals surface area contributed by atoms with Gasteiger partial charge in [0.15, 0.2) is 0 Å². The molecule has 6 heteroatoms. The van der Waals surface area contributed by atoms with E-state index in [0.29, 0.717) is 25.1 Å². The maximum absolute atomic E-state index is 12.2. The van der Waals surface area contributed by atoms with Crippen molar-refractivity contribution in [3.63, 3.8) is 0 Å². The molecule has 0 radical (unpaired) electrons. The molecular weight excluding hydrogens is 256 g/mol. The molecule has 0 aliphatic carbocycles. The largest absolute Gasteiger partial charge is 0.469 e. The Bertz CT molecular complexity index is 478. The maximum atomic E-state index is 12.2. The number of amides is 1. The van der Waals surface area contributed by atoms with Crippen molar-refractivity contribution >= 4 is 23.5 Å². The molecule has 18 heavy (non-hydrogen) atoms. The van der Waals surface area contributed by atoms with Crippen molar-refractivity contribution < 1.29 is 14.3 Å². The van der Waals surface area contributed by atoms with Gasteiger partial charge in [-0.05, 0) is 18.6 Å². The van der Waals surface area contributed by atoms with Crippen LogP contribution >= 0.6 is 11.6 Å². The zero-order valence-electron chi connectivity index (χ0n) is 9.93. The third kappa shape index (κ3) is 2.46. The number of nitrogens with zero attached hydrogens (tertiary/aromatic N) is 2. The van der Waals surface area contributed by atoms with Gasteiger partial charge >= 0.3 is 5.97 Å². The number of carbonyl (C=O) groups is 2.